The highest BCUT2D eigenvalue weighted by Gasteiger charge is 2.55. The molecular weight excluding hydrogens is 717 g/mol. The van der Waals surface area contributed by atoms with Gasteiger partial charge in [0.05, 0.1) is 68.3 Å². The molecule has 0 aromatic carbocycles. The fraction of sp³-hybridized carbons (Fsp3) is 0. The van der Waals surface area contributed by atoms with E-state index < -0.39 is 8.07 Å². The van der Waals surface area contributed by atoms with E-state index in [1.807, 2.05) is 97.1 Å². The first-order valence-electron chi connectivity index (χ1n) is 18.7. The van der Waals surface area contributed by atoms with Crippen molar-refractivity contribution in [2.24, 2.45) is 0 Å². The average Bonchev–Trinajstić information content (AvgIpc) is 3.89. The molecule has 10 heterocycles. The molecule has 2 aliphatic heterocycles. The fourth-order valence-electron chi connectivity index (χ4n) is 7.78. The molecule has 0 radical (unpaired) electrons. The van der Waals surface area contributed by atoms with Crippen molar-refractivity contribution < 1.29 is 0 Å². The second-order valence-corrected chi connectivity index (χ2v) is 17.2. The van der Waals surface area contributed by atoms with E-state index in [4.69, 9.17) is 19.9 Å². The predicted molar refractivity (Wildman–Crippen MR) is 228 cm³/mol. The van der Waals surface area contributed by atoms with E-state index >= 15 is 0 Å². The molecule has 0 fully saturated rings. The second-order valence-electron chi connectivity index (χ2n) is 13.6. The zero-order valence-corrected chi connectivity index (χ0v) is 31.6. The normalized spacial score (nSPS) is 14.2. The van der Waals surface area contributed by atoms with Gasteiger partial charge in [0.2, 0.25) is 0 Å². The van der Waals surface area contributed by atoms with Gasteiger partial charge in [0.25, 0.3) is 0 Å². The third-order valence-corrected chi connectivity index (χ3v) is 15.2. The maximum Gasteiger partial charge on any atom is 0.188 e. The number of rotatable bonds is 8. The molecule has 1 spiro atoms. The Hall–Kier alpha value is -7.62. The van der Waals surface area contributed by atoms with Crippen LogP contribution < -0.4 is 0 Å². The quantitative estimate of drug-likeness (QED) is 0.142. The minimum absolute atomic E-state index is 0.793. The van der Waals surface area contributed by atoms with Gasteiger partial charge >= 0.3 is 0 Å². The molecule has 0 N–H and O–H groups in total. The van der Waals surface area contributed by atoms with Crippen molar-refractivity contribution >= 4 is 28.9 Å². The van der Waals surface area contributed by atoms with E-state index in [-0.39, 0.29) is 0 Å². The van der Waals surface area contributed by atoms with Gasteiger partial charge in [-0.3, -0.25) is 19.9 Å². The minimum atomic E-state index is -3.33. The Morgan fingerprint density at radius 2 is 0.456 bits per heavy atom. The van der Waals surface area contributed by atoms with Crippen molar-refractivity contribution in [1.29, 1.82) is 0 Å². The fourth-order valence-corrected chi connectivity index (χ4v) is 12.9. The molecule has 0 atom stereocenters. The van der Waals surface area contributed by atoms with Crippen LogP contribution in [0.15, 0.2) is 195 Å². The van der Waals surface area contributed by atoms with E-state index in [1.165, 1.54) is 0 Å². The van der Waals surface area contributed by atoms with E-state index in [2.05, 4.69) is 92.8 Å². The monoisotopic (exact) mass is 748 g/mol. The van der Waals surface area contributed by atoms with Crippen molar-refractivity contribution in [3.05, 3.63) is 217 Å². The molecule has 8 aromatic rings. The van der Waals surface area contributed by atoms with Gasteiger partial charge in [-0.25, -0.2) is 19.9 Å². The number of hydrogen-bond acceptors (Lipinski definition) is 8. The Bertz CT molecular complexity index is 2490. The van der Waals surface area contributed by atoms with Crippen molar-refractivity contribution in [3.63, 3.8) is 0 Å². The van der Waals surface area contributed by atoms with E-state index in [0.29, 0.717) is 0 Å². The largest absolute Gasteiger partial charge is 0.255 e. The van der Waals surface area contributed by atoms with Crippen LogP contribution >= 0.6 is 0 Å². The SMILES string of the molecule is C1=C(c2cccc(-c3ccccn3)n2)[Si]2(C(c3cccc(-c4ccccn4)n3)=C1)C(c1cccc(-c3ccccn3)n1)=CC=C2c1cccc(-c2ccccn2)n1. The van der Waals surface area contributed by atoms with Crippen LogP contribution in [0.3, 0.4) is 0 Å². The molecule has 57 heavy (non-hydrogen) atoms. The first-order valence-corrected chi connectivity index (χ1v) is 20.7. The van der Waals surface area contributed by atoms with Crippen LogP contribution in [0.25, 0.3) is 66.3 Å². The summed E-state index contributed by atoms with van der Waals surface area (Å²) in [5.41, 5.74) is 9.83. The zero-order chi connectivity index (χ0) is 38.0. The van der Waals surface area contributed by atoms with Crippen molar-refractivity contribution in [2.75, 3.05) is 0 Å². The van der Waals surface area contributed by atoms with Crippen LogP contribution in [0.5, 0.6) is 0 Å². The summed E-state index contributed by atoms with van der Waals surface area (Å²) in [5.74, 6) is 0. The van der Waals surface area contributed by atoms with E-state index in [1.54, 1.807) is 24.8 Å². The van der Waals surface area contributed by atoms with Gasteiger partial charge in [0, 0.05) is 24.8 Å². The summed E-state index contributed by atoms with van der Waals surface area (Å²) < 4.78 is 0. The Kier molecular flexibility index (Phi) is 8.66. The lowest BCUT2D eigenvalue weighted by Crippen LogP contribution is -2.40. The molecule has 2 aliphatic rings. The van der Waals surface area contributed by atoms with Crippen LogP contribution in [0, 0.1) is 0 Å². The number of hydrogen-bond donors (Lipinski definition) is 0. The molecular formula is C48H32N8Si. The molecule has 268 valence electrons. The van der Waals surface area contributed by atoms with Crippen LogP contribution in [-0.2, 0) is 0 Å². The van der Waals surface area contributed by atoms with Crippen LogP contribution in [0.1, 0.15) is 22.8 Å². The summed E-state index contributed by atoms with van der Waals surface area (Å²) >= 11 is 0. The van der Waals surface area contributed by atoms with E-state index in [0.717, 1.165) is 89.1 Å². The molecule has 0 bridgehead atoms. The maximum atomic E-state index is 5.35. The van der Waals surface area contributed by atoms with Crippen molar-refractivity contribution in [1.82, 2.24) is 39.9 Å². The summed E-state index contributed by atoms with van der Waals surface area (Å²) in [4.78, 5) is 40.0. The topological polar surface area (TPSA) is 103 Å². The Morgan fingerprint density at radius 1 is 0.228 bits per heavy atom. The van der Waals surface area contributed by atoms with Crippen LogP contribution in [-0.4, -0.2) is 47.9 Å². The first-order chi connectivity index (χ1) is 28.3. The molecule has 0 unspecified atom stereocenters. The molecule has 10 rings (SSSR count). The molecule has 0 aliphatic carbocycles. The Morgan fingerprint density at radius 3 is 0.684 bits per heavy atom. The lowest BCUT2D eigenvalue weighted by atomic mass is 10.2. The van der Waals surface area contributed by atoms with Gasteiger partial charge in [-0.2, -0.15) is 0 Å². The zero-order valence-electron chi connectivity index (χ0n) is 30.6. The van der Waals surface area contributed by atoms with Crippen LogP contribution in [0.4, 0.5) is 0 Å². The smallest absolute Gasteiger partial charge is 0.188 e. The maximum absolute atomic E-state index is 5.35. The van der Waals surface area contributed by atoms with Crippen molar-refractivity contribution in [3.8, 4) is 45.6 Å². The number of pyridine rings is 8. The summed E-state index contributed by atoms with van der Waals surface area (Å²) in [7, 11) is -3.33. The minimum Gasteiger partial charge on any atom is -0.255 e. The highest BCUT2D eigenvalue weighted by Crippen LogP contribution is 2.57. The van der Waals surface area contributed by atoms with Gasteiger partial charge < -0.3 is 0 Å². The molecule has 8 aromatic heterocycles. The molecule has 9 heteroatoms. The average molecular weight is 749 g/mol. The first kappa shape index (κ1) is 33.9. The van der Waals surface area contributed by atoms with E-state index in [9.17, 15) is 0 Å². The standard InChI is InChI=1S/C48H32N8Si/c1-5-29-49-33(13-1)37-17-9-21-41(53-37)45-25-26-46(42-22-10-18-38(54-42)34-14-2-6-30-50-34)57(45)47(43-23-11-19-39(55-43)35-15-3-7-31-51-35)27-28-48(57)44-24-12-20-40(56-44)36-16-4-8-32-52-36/h1-32H. The highest BCUT2D eigenvalue weighted by molar-refractivity contribution is 7.33. The summed E-state index contributed by atoms with van der Waals surface area (Å²) in [6, 6.07) is 48.3. The van der Waals surface area contributed by atoms with Gasteiger partial charge in [-0.1, -0.05) is 72.8 Å². The molecule has 0 saturated carbocycles. The number of aromatic nitrogens is 8. The van der Waals surface area contributed by atoms with Gasteiger partial charge in [0.15, 0.2) is 8.07 Å². The summed E-state index contributed by atoms with van der Waals surface area (Å²) in [6.07, 6.45) is 16.1. The van der Waals surface area contributed by atoms with Crippen LogP contribution in [0.2, 0.25) is 0 Å². The summed E-state index contributed by atoms with van der Waals surface area (Å²) in [5, 5.41) is 4.41. The lowest BCUT2D eigenvalue weighted by Gasteiger charge is -2.35. The lowest BCUT2D eigenvalue weighted by molar-refractivity contribution is 1.22. The molecule has 8 nitrogen and oxygen atoms in total. The van der Waals surface area contributed by atoms with Gasteiger partial charge in [-0.15, -0.1) is 0 Å². The number of allylic oxidation sites excluding steroid dienone is 4. The molecule has 0 amide bonds. The predicted octanol–water partition coefficient (Wildman–Crippen LogP) is 9.78. The third kappa shape index (κ3) is 6.12. The Balaban J connectivity index is 1.22. The Labute approximate surface area is 330 Å². The third-order valence-electron chi connectivity index (χ3n) is 10.3. The second kappa shape index (κ2) is 14.6. The summed E-state index contributed by atoms with van der Waals surface area (Å²) in [6.45, 7) is 0. The number of nitrogens with zero attached hydrogens (tertiary/aromatic N) is 8. The van der Waals surface area contributed by atoms with Crippen molar-refractivity contribution in [2.45, 2.75) is 0 Å². The molecule has 0 saturated heterocycles. The van der Waals surface area contributed by atoms with Gasteiger partial charge in [0.1, 0.15) is 0 Å². The highest BCUT2D eigenvalue weighted by atomic mass is 28.3. The van der Waals surface area contributed by atoms with Gasteiger partial charge in [-0.05, 0) is 118 Å².